The van der Waals surface area contributed by atoms with Crippen LogP contribution in [0, 0.1) is 5.82 Å². The van der Waals surface area contributed by atoms with Gasteiger partial charge in [0.05, 0.1) is 23.4 Å². The summed E-state index contributed by atoms with van der Waals surface area (Å²) in [6, 6.07) is 9.23. The Kier molecular flexibility index (Phi) is 6.14. The largest absolute Gasteiger partial charge is 0.351 e. The van der Waals surface area contributed by atoms with Crippen LogP contribution in [0.3, 0.4) is 0 Å². The highest BCUT2D eigenvalue weighted by Gasteiger charge is 2.25. The van der Waals surface area contributed by atoms with Crippen molar-refractivity contribution in [1.29, 1.82) is 0 Å². The Labute approximate surface area is 188 Å². The summed E-state index contributed by atoms with van der Waals surface area (Å²) in [5.41, 5.74) is 3.53. The van der Waals surface area contributed by atoms with Crippen LogP contribution in [-0.2, 0) is 0 Å². The first-order valence-corrected chi connectivity index (χ1v) is 11.5. The summed E-state index contributed by atoms with van der Waals surface area (Å²) >= 11 is 0. The van der Waals surface area contributed by atoms with Gasteiger partial charge in [0.1, 0.15) is 5.82 Å². The van der Waals surface area contributed by atoms with Crippen molar-refractivity contribution < 1.29 is 4.39 Å². The summed E-state index contributed by atoms with van der Waals surface area (Å²) in [4.78, 5) is 16.5. The molecule has 0 saturated carbocycles. The van der Waals surface area contributed by atoms with Crippen LogP contribution in [0.25, 0.3) is 22.6 Å². The van der Waals surface area contributed by atoms with E-state index in [9.17, 15) is 4.39 Å². The van der Waals surface area contributed by atoms with Crippen molar-refractivity contribution in [3.05, 3.63) is 48.7 Å². The fourth-order valence-electron chi connectivity index (χ4n) is 4.69. The predicted molar refractivity (Wildman–Crippen MR) is 124 cm³/mol. The van der Waals surface area contributed by atoms with Gasteiger partial charge in [-0.1, -0.05) is 0 Å². The SMILES string of the molecule is CN1CCC(n2cnc(-c3ccc(F)cc3)c2-c2ccnc(NC3CCNCC3)n2)CC1. The Balaban J connectivity index is 1.52. The van der Waals surface area contributed by atoms with E-state index in [-0.39, 0.29) is 5.82 Å². The number of anilines is 1. The minimum absolute atomic E-state index is 0.249. The Hall–Kier alpha value is -2.84. The zero-order chi connectivity index (χ0) is 21.9. The Morgan fingerprint density at radius 1 is 1.00 bits per heavy atom. The van der Waals surface area contributed by atoms with Crippen molar-refractivity contribution in [1.82, 2.24) is 29.7 Å². The van der Waals surface area contributed by atoms with Crippen molar-refractivity contribution in [2.24, 2.45) is 0 Å². The predicted octanol–water partition coefficient (Wildman–Crippen LogP) is 3.58. The highest BCUT2D eigenvalue weighted by molar-refractivity contribution is 5.77. The fraction of sp³-hybridized carbons (Fsp3) is 0.458. The van der Waals surface area contributed by atoms with E-state index in [4.69, 9.17) is 9.97 Å². The third-order valence-corrected chi connectivity index (χ3v) is 6.56. The van der Waals surface area contributed by atoms with Gasteiger partial charge in [0.25, 0.3) is 0 Å². The van der Waals surface area contributed by atoms with Crippen LogP contribution in [0.4, 0.5) is 10.3 Å². The highest BCUT2D eigenvalue weighted by Crippen LogP contribution is 2.35. The van der Waals surface area contributed by atoms with Crippen LogP contribution in [0.5, 0.6) is 0 Å². The molecule has 2 fully saturated rings. The lowest BCUT2D eigenvalue weighted by Crippen LogP contribution is -2.35. The van der Waals surface area contributed by atoms with Crippen molar-refractivity contribution in [3.8, 4) is 22.6 Å². The van der Waals surface area contributed by atoms with Crippen LogP contribution in [0.2, 0.25) is 0 Å². The van der Waals surface area contributed by atoms with Crippen LogP contribution >= 0.6 is 0 Å². The monoisotopic (exact) mass is 435 g/mol. The maximum absolute atomic E-state index is 13.6. The molecule has 0 amide bonds. The van der Waals surface area contributed by atoms with E-state index in [1.807, 2.05) is 18.6 Å². The molecule has 168 valence electrons. The summed E-state index contributed by atoms with van der Waals surface area (Å²) in [5, 5.41) is 6.89. The highest BCUT2D eigenvalue weighted by atomic mass is 19.1. The quantitative estimate of drug-likeness (QED) is 0.638. The van der Waals surface area contributed by atoms with Gasteiger partial charge in [-0.25, -0.2) is 19.3 Å². The average molecular weight is 436 g/mol. The number of rotatable bonds is 5. The summed E-state index contributed by atoms with van der Waals surface area (Å²) < 4.78 is 15.8. The average Bonchev–Trinajstić information content (AvgIpc) is 3.26. The third kappa shape index (κ3) is 4.52. The van der Waals surface area contributed by atoms with Crippen molar-refractivity contribution in [2.45, 2.75) is 37.8 Å². The second-order valence-electron chi connectivity index (χ2n) is 8.82. The lowest BCUT2D eigenvalue weighted by molar-refractivity contribution is 0.222. The van der Waals surface area contributed by atoms with Crippen LogP contribution in [-0.4, -0.2) is 63.7 Å². The maximum atomic E-state index is 13.6. The first-order chi connectivity index (χ1) is 15.7. The number of piperidine rings is 2. The van der Waals surface area contributed by atoms with Crippen LogP contribution < -0.4 is 10.6 Å². The number of imidazole rings is 1. The molecule has 2 N–H and O–H groups in total. The molecule has 2 aliphatic rings. The van der Waals surface area contributed by atoms with E-state index < -0.39 is 0 Å². The summed E-state index contributed by atoms with van der Waals surface area (Å²) in [6.45, 7) is 4.13. The molecule has 0 bridgehead atoms. The van der Waals surface area contributed by atoms with Crippen molar-refractivity contribution in [3.63, 3.8) is 0 Å². The van der Waals surface area contributed by atoms with Gasteiger partial charge < -0.3 is 20.1 Å². The van der Waals surface area contributed by atoms with E-state index >= 15 is 0 Å². The van der Waals surface area contributed by atoms with Gasteiger partial charge in [-0.15, -0.1) is 0 Å². The molecule has 0 atom stereocenters. The van der Waals surface area contributed by atoms with E-state index in [1.54, 1.807) is 12.1 Å². The Morgan fingerprint density at radius 3 is 2.50 bits per heavy atom. The zero-order valence-corrected chi connectivity index (χ0v) is 18.5. The van der Waals surface area contributed by atoms with E-state index in [2.05, 4.69) is 32.1 Å². The molecule has 3 aromatic rings. The van der Waals surface area contributed by atoms with Gasteiger partial charge in [0.15, 0.2) is 0 Å². The number of nitrogens with one attached hydrogen (secondary N) is 2. The van der Waals surface area contributed by atoms with E-state index in [1.165, 1.54) is 12.1 Å². The molecule has 5 rings (SSSR count). The second-order valence-corrected chi connectivity index (χ2v) is 8.82. The molecule has 7 nitrogen and oxygen atoms in total. The van der Waals surface area contributed by atoms with Crippen molar-refractivity contribution in [2.75, 3.05) is 38.5 Å². The molecular weight excluding hydrogens is 405 g/mol. The Bertz CT molecular complexity index is 1030. The smallest absolute Gasteiger partial charge is 0.223 e. The number of halogens is 1. The fourth-order valence-corrected chi connectivity index (χ4v) is 4.69. The molecule has 2 saturated heterocycles. The molecule has 0 unspecified atom stereocenters. The Morgan fingerprint density at radius 2 is 1.75 bits per heavy atom. The van der Waals surface area contributed by atoms with E-state index in [0.29, 0.717) is 18.0 Å². The lowest BCUT2D eigenvalue weighted by atomic mass is 10.0. The molecule has 0 spiro atoms. The second kappa shape index (κ2) is 9.34. The number of hydrogen-bond donors (Lipinski definition) is 2. The van der Waals surface area contributed by atoms with Gasteiger partial charge in [-0.3, -0.25) is 0 Å². The molecule has 32 heavy (non-hydrogen) atoms. The number of aromatic nitrogens is 4. The van der Waals surface area contributed by atoms with Gasteiger partial charge >= 0.3 is 0 Å². The summed E-state index contributed by atoms with van der Waals surface area (Å²) in [6.07, 6.45) is 7.98. The number of benzene rings is 1. The molecule has 0 radical (unpaired) electrons. The molecule has 2 aromatic heterocycles. The van der Waals surface area contributed by atoms with Crippen LogP contribution in [0.15, 0.2) is 42.9 Å². The number of hydrogen-bond acceptors (Lipinski definition) is 6. The van der Waals surface area contributed by atoms with Gasteiger partial charge in [0.2, 0.25) is 5.95 Å². The molecule has 4 heterocycles. The van der Waals surface area contributed by atoms with Crippen LogP contribution in [0.1, 0.15) is 31.7 Å². The minimum Gasteiger partial charge on any atom is -0.351 e. The minimum atomic E-state index is -0.249. The normalized spacial score (nSPS) is 18.7. The van der Waals surface area contributed by atoms with E-state index in [0.717, 1.165) is 74.5 Å². The molecule has 2 aliphatic heterocycles. The maximum Gasteiger partial charge on any atom is 0.223 e. The summed E-state index contributed by atoms with van der Waals surface area (Å²) in [7, 11) is 2.16. The van der Waals surface area contributed by atoms with Gasteiger partial charge in [-0.2, -0.15) is 0 Å². The van der Waals surface area contributed by atoms with Gasteiger partial charge in [0, 0.05) is 23.8 Å². The number of likely N-dealkylation sites (tertiary alicyclic amines) is 1. The van der Waals surface area contributed by atoms with Gasteiger partial charge in [-0.05, 0) is 89.2 Å². The lowest BCUT2D eigenvalue weighted by Gasteiger charge is -2.30. The molecule has 1 aromatic carbocycles. The first-order valence-electron chi connectivity index (χ1n) is 11.5. The summed E-state index contributed by atoms with van der Waals surface area (Å²) in [5.74, 6) is 0.399. The molecular formula is C24H30FN7. The molecule has 8 heteroatoms. The third-order valence-electron chi connectivity index (χ3n) is 6.56. The zero-order valence-electron chi connectivity index (χ0n) is 18.5. The topological polar surface area (TPSA) is 70.9 Å². The number of nitrogens with zero attached hydrogens (tertiary/aromatic N) is 5. The molecule has 0 aliphatic carbocycles. The van der Waals surface area contributed by atoms with Crippen molar-refractivity contribution >= 4 is 5.95 Å². The standard InChI is InChI=1S/C24H30FN7/c1-31-14-9-20(10-15-31)32-16-28-22(17-2-4-18(25)5-3-17)23(32)21-8-13-27-24(30-21)29-19-6-11-26-12-7-19/h2-5,8,13,16,19-20,26H,6-7,9-12,14-15H2,1H3,(H,27,29,30). The first kappa shape index (κ1) is 21.0.